The summed E-state index contributed by atoms with van der Waals surface area (Å²) in [5.74, 6) is 1.07. The van der Waals surface area contributed by atoms with Crippen LogP contribution in [0, 0.1) is 0 Å². The van der Waals surface area contributed by atoms with Crippen molar-refractivity contribution in [1.82, 2.24) is 5.32 Å². The summed E-state index contributed by atoms with van der Waals surface area (Å²) in [4.78, 5) is 12.0. The Labute approximate surface area is 155 Å². The maximum Gasteiger partial charge on any atom is 0.319 e. The number of ether oxygens (including phenoxy) is 2. The third kappa shape index (κ3) is 5.42. The summed E-state index contributed by atoms with van der Waals surface area (Å²) in [5, 5.41) is 16.3. The molecule has 0 aliphatic carbocycles. The molecule has 8 heteroatoms. The molecule has 25 heavy (non-hydrogen) atoms. The van der Waals surface area contributed by atoms with Gasteiger partial charge >= 0.3 is 6.03 Å². The van der Waals surface area contributed by atoms with Gasteiger partial charge in [0.25, 0.3) is 0 Å². The van der Waals surface area contributed by atoms with Crippen LogP contribution in [0.4, 0.5) is 10.5 Å². The number of hydrogen-bond donors (Lipinski definition) is 3. The minimum Gasteiger partial charge on any atom is -0.497 e. The number of amides is 2. The van der Waals surface area contributed by atoms with Gasteiger partial charge in [0.2, 0.25) is 0 Å². The summed E-state index contributed by atoms with van der Waals surface area (Å²) in [6, 6.07) is 9.25. The molecule has 0 aliphatic heterocycles. The van der Waals surface area contributed by atoms with Crippen LogP contribution in [0.1, 0.15) is 11.7 Å². The molecule has 1 atom stereocenters. The van der Waals surface area contributed by atoms with Gasteiger partial charge in [-0.15, -0.1) is 0 Å². The Morgan fingerprint density at radius 3 is 2.40 bits per heavy atom. The van der Waals surface area contributed by atoms with E-state index in [4.69, 9.17) is 32.7 Å². The Bertz CT molecular complexity index is 735. The number of aliphatic hydroxyl groups is 1. The molecule has 3 N–H and O–H groups in total. The molecule has 0 radical (unpaired) electrons. The van der Waals surface area contributed by atoms with Gasteiger partial charge in [-0.2, -0.15) is 0 Å². The highest BCUT2D eigenvalue weighted by molar-refractivity contribution is 6.35. The number of carbonyl (C=O) groups is 1. The third-order valence-corrected chi connectivity index (χ3v) is 3.81. The lowest BCUT2D eigenvalue weighted by Crippen LogP contribution is -2.32. The van der Waals surface area contributed by atoms with Crippen LogP contribution >= 0.6 is 23.2 Å². The molecule has 2 amide bonds. The molecular formula is C17H18Cl2N2O4. The summed E-state index contributed by atoms with van der Waals surface area (Å²) in [7, 11) is 3.03. The Kier molecular flexibility index (Phi) is 6.75. The highest BCUT2D eigenvalue weighted by atomic mass is 35.5. The van der Waals surface area contributed by atoms with E-state index >= 15 is 0 Å². The number of rotatable bonds is 6. The average molecular weight is 385 g/mol. The Balaban J connectivity index is 1.99. The topological polar surface area (TPSA) is 79.8 Å². The molecule has 2 aromatic carbocycles. The fourth-order valence-corrected chi connectivity index (χ4v) is 2.73. The molecule has 0 fully saturated rings. The molecule has 2 aromatic rings. The van der Waals surface area contributed by atoms with Crippen LogP contribution in [0.5, 0.6) is 11.5 Å². The zero-order valence-corrected chi connectivity index (χ0v) is 15.2. The van der Waals surface area contributed by atoms with Crippen molar-refractivity contribution in [3.8, 4) is 11.5 Å². The normalized spacial score (nSPS) is 11.6. The summed E-state index contributed by atoms with van der Waals surface area (Å²) in [6.45, 7) is -0.0241. The van der Waals surface area contributed by atoms with Gasteiger partial charge in [0.15, 0.2) is 0 Å². The number of halogens is 2. The molecule has 2 rings (SSSR count). The first-order valence-electron chi connectivity index (χ1n) is 7.34. The van der Waals surface area contributed by atoms with Crippen molar-refractivity contribution in [3.63, 3.8) is 0 Å². The molecule has 0 saturated heterocycles. The van der Waals surface area contributed by atoms with Gasteiger partial charge in [0.1, 0.15) is 17.6 Å². The second-order valence-corrected chi connectivity index (χ2v) is 5.99. The van der Waals surface area contributed by atoms with E-state index in [2.05, 4.69) is 10.6 Å². The zero-order chi connectivity index (χ0) is 18.4. The van der Waals surface area contributed by atoms with E-state index in [0.29, 0.717) is 32.8 Å². The molecular weight excluding hydrogens is 367 g/mol. The second-order valence-electron chi connectivity index (χ2n) is 5.12. The lowest BCUT2D eigenvalue weighted by Gasteiger charge is -2.17. The minimum absolute atomic E-state index is 0.0241. The van der Waals surface area contributed by atoms with Gasteiger partial charge in [-0.1, -0.05) is 23.2 Å². The molecule has 0 unspecified atom stereocenters. The van der Waals surface area contributed by atoms with Gasteiger partial charge in [0.05, 0.1) is 14.2 Å². The number of aliphatic hydroxyl groups excluding tert-OH is 1. The summed E-state index contributed by atoms with van der Waals surface area (Å²) < 4.78 is 10.4. The minimum atomic E-state index is -0.973. The standard InChI is InChI=1S/C17H18Cl2N2O4/c1-24-13-3-4-16(25-2)14(8-13)15(22)9-20-17(23)21-12-6-10(18)5-11(19)7-12/h3-8,15,22H,9H2,1-2H3,(H2,20,21,23)/t15-/m0/s1. The van der Waals surface area contributed by atoms with Crippen molar-refractivity contribution in [2.75, 3.05) is 26.1 Å². The quantitative estimate of drug-likeness (QED) is 0.706. The Morgan fingerprint density at radius 2 is 1.80 bits per heavy atom. The predicted octanol–water partition coefficient (Wildman–Crippen LogP) is 3.87. The summed E-state index contributed by atoms with van der Waals surface area (Å²) in [5.41, 5.74) is 0.955. The lowest BCUT2D eigenvalue weighted by atomic mass is 10.1. The maximum atomic E-state index is 12.0. The first-order chi connectivity index (χ1) is 11.9. The van der Waals surface area contributed by atoms with E-state index < -0.39 is 12.1 Å². The molecule has 0 saturated carbocycles. The molecule has 0 bridgehead atoms. The lowest BCUT2D eigenvalue weighted by molar-refractivity contribution is 0.170. The van der Waals surface area contributed by atoms with Gasteiger partial charge < -0.3 is 25.2 Å². The van der Waals surface area contributed by atoms with Crippen molar-refractivity contribution in [1.29, 1.82) is 0 Å². The van der Waals surface area contributed by atoms with E-state index in [0.717, 1.165) is 0 Å². The number of anilines is 1. The number of methoxy groups -OCH3 is 2. The van der Waals surface area contributed by atoms with Crippen LogP contribution in [0.25, 0.3) is 0 Å². The number of nitrogens with one attached hydrogen (secondary N) is 2. The smallest absolute Gasteiger partial charge is 0.319 e. The van der Waals surface area contributed by atoms with E-state index in [-0.39, 0.29) is 6.54 Å². The van der Waals surface area contributed by atoms with Crippen LogP contribution in [0.15, 0.2) is 36.4 Å². The Morgan fingerprint density at radius 1 is 1.12 bits per heavy atom. The Hall–Kier alpha value is -2.15. The molecule has 134 valence electrons. The van der Waals surface area contributed by atoms with E-state index in [1.807, 2.05) is 0 Å². The fourth-order valence-electron chi connectivity index (χ4n) is 2.20. The molecule has 6 nitrogen and oxygen atoms in total. The highest BCUT2D eigenvalue weighted by Gasteiger charge is 2.16. The molecule has 0 aliphatic rings. The van der Waals surface area contributed by atoms with Gasteiger partial charge in [-0.3, -0.25) is 0 Å². The van der Waals surface area contributed by atoms with Crippen molar-refractivity contribution in [2.24, 2.45) is 0 Å². The van der Waals surface area contributed by atoms with Crippen LogP contribution in [0.3, 0.4) is 0 Å². The molecule has 0 spiro atoms. The molecule has 0 aromatic heterocycles. The monoisotopic (exact) mass is 384 g/mol. The van der Waals surface area contributed by atoms with Gasteiger partial charge in [0, 0.05) is 27.8 Å². The number of carbonyl (C=O) groups excluding carboxylic acids is 1. The van der Waals surface area contributed by atoms with Crippen molar-refractivity contribution >= 4 is 34.9 Å². The van der Waals surface area contributed by atoms with E-state index in [1.54, 1.807) is 36.4 Å². The summed E-state index contributed by atoms with van der Waals surface area (Å²) in [6.07, 6.45) is -0.973. The van der Waals surface area contributed by atoms with Crippen molar-refractivity contribution in [3.05, 3.63) is 52.0 Å². The predicted molar refractivity (Wildman–Crippen MR) is 98.0 cm³/mol. The number of benzene rings is 2. The third-order valence-electron chi connectivity index (χ3n) is 3.37. The summed E-state index contributed by atoms with van der Waals surface area (Å²) >= 11 is 11.8. The van der Waals surface area contributed by atoms with E-state index in [9.17, 15) is 9.90 Å². The van der Waals surface area contributed by atoms with Crippen molar-refractivity contribution < 1.29 is 19.4 Å². The SMILES string of the molecule is COc1ccc(OC)c([C@@H](O)CNC(=O)Nc2cc(Cl)cc(Cl)c2)c1. The van der Waals surface area contributed by atoms with Crippen LogP contribution in [-0.2, 0) is 0 Å². The van der Waals surface area contributed by atoms with Crippen molar-refractivity contribution in [2.45, 2.75) is 6.10 Å². The largest absolute Gasteiger partial charge is 0.497 e. The van der Waals surface area contributed by atoms with Gasteiger partial charge in [-0.05, 0) is 36.4 Å². The average Bonchev–Trinajstić information content (AvgIpc) is 2.58. The first-order valence-corrected chi connectivity index (χ1v) is 8.09. The zero-order valence-electron chi connectivity index (χ0n) is 13.7. The maximum absolute atomic E-state index is 12.0. The second kappa shape index (κ2) is 8.80. The highest BCUT2D eigenvalue weighted by Crippen LogP contribution is 2.29. The number of urea groups is 1. The van der Waals surface area contributed by atoms with Crippen LogP contribution in [-0.4, -0.2) is 31.9 Å². The van der Waals surface area contributed by atoms with Gasteiger partial charge in [-0.25, -0.2) is 4.79 Å². The van der Waals surface area contributed by atoms with Crippen LogP contribution in [0.2, 0.25) is 10.0 Å². The molecule has 0 heterocycles. The first kappa shape index (κ1) is 19.2. The van der Waals surface area contributed by atoms with Crippen LogP contribution < -0.4 is 20.1 Å². The number of hydrogen-bond acceptors (Lipinski definition) is 4. The fraction of sp³-hybridized carbons (Fsp3) is 0.235. The van der Waals surface area contributed by atoms with E-state index in [1.165, 1.54) is 14.2 Å².